The average molecular weight is 255 g/mol. The number of carbonyl (C=O) groups excluding carboxylic acids is 1. The van der Waals surface area contributed by atoms with Gasteiger partial charge in [-0.2, -0.15) is 0 Å². The highest BCUT2D eigenvalue weighted by Crippen LogP contribution is 1.99. The lowest BCUT2D eigenvalue weighted by molar-refractivity contribution is -0.145. The maximum atomic E-state index is 11.5. The maximum absolute atomic E-state index is 11.5. The summed E-state index contributed by atoms with van der Waals surface area (Å²) in [5, 5.41) is 19.2. The Morgan fingerprint density at radius 3 is 2.39 bits per heavy atom. The summed E-state index contributed by atoms with van der Waals surface area (Å²) >= 11 is 0. The van der Waals surface area contributed by atoms with Crippen LogP contribution < -0.4 is 10.9 Å². The van der Waals surface area contributed by atoms with Crippen molar-refractivity contribution in [3.8, 4) is 0 Å². The van der Waals surface area contributed by atoms with Crippen LogP contribution in [0, 0.1) is 0 Å². The molecule has 0 spiro atoms. The quantitative estimate of drug-likeness (QED) is 0.633. The molecule has 0 saturated heterocycles. The molecule has 0 radical (unpaired) electrons. The van der Waals surface area contributed by atoms with E-state index in [-0.39, 0.29) is 5.56 Å². The monoisotopic (exact) mass is 255 g/mol. The van der Waals surface area contributed by atoms with E-state index in [1.165, 1.54) is 0 Å². The minimum Gasteiger partial charge on any atom is -0.481 e. The Morgan fingerprint density at radius 2 is 1.94 bits per heavy atom. The van der Waals surface area contributed by atoms with Crippen molar-refractivity contribution in [3.05, 3.63) is 34.4 Å². The molecule has 1 aromatic heterocycles. The Hall–Kier alpha value is -2.64. The van der Waals surface area contributed by atoms with Gasteiger partial charge in [0.05, 0.1) is 12.0 Å². The zero-order valence-corrected chi connectivity index (χ0v) is 8.95. The summed E-state index contributed by atoms with van der Waals surface area (Å²) in [7, 11) is 0. The molecule has 1 heterocycles. The van der Waals surface area contributed by atoms with E-state index < -0.39 is 35.9 Å². The summed E-state index contributed by atoms with van der Waals surface area (Å²) in [6.07, 6.45) is 0.106. The average Bonchev–Trinajstić information content (AvgIpc) is 2.28. The fraction of sp³-hybridized carbons (Fsp3) is 0.200. The van der Waals surface area contributed by atoms with Gasteiger partial charge in [-0.05, 0) is 6.07 Å². The fourth-order valence-electron chi connectivity index (χ4n) is 1.10. The molecule has 1 atom stereocenters. The van der Waals surface area contributed by atoms with Crippen molar-refractivity contribution in [2.45, 2.75) is 12.5 Å². The van der Waals surface area contributed by atoms with Crippen LogP contribution in [-0.2, 0) is 9.59 Å². The van der Waals surface area contributed by atoms with Crippen LogP contribution in [0.15, 0.2) is 27.6 Å². The van der Waals surface area contributed by atoms with Crippen molar-refractivity contribution in [1.82, 2.24) is 5.32 Å². The molecule has 1 rings (SSSR count). The molecule has 0 bridgehead atoms. The predicted octanol–water partition coefficient (Wildman–Crippen LogP) is -0.703. The molecule has 0 saturated carbocycles. The topological polar surface area (TPSA) is 134 Å². The molecule has 0 aliphatic carbocycles. The van der Waals surface area contributed by atoms with Gasteiger partial charge in [-0.15, -0.1) is 0 Å². The number of aliphatic carboxylic acids is 2. The third-order valence-corrected chi connectivity index (χ3v) is 1.95. The summed E-state index contributed by atoms with van der Waals surface area (Å²) < 4.78 is 4.42. The van der Waals surface area contributed by atoms with E-state index in [2.05, 4.69) is 4.42 Å². The van der Waals surface area contributed by atoms with E-state index in [1.807, 2.05) is 5.32 Å². The van der Waals surface area contributed by atoms with Crippen LogP contribution in [0.25, 0.3) is 0 Å². The van der Waals surface area contributed by atoms with Crippen LogP contribution >= 0.6 is 0 Å². The highest BCUT2D eigenvalue weighted by molar-refractivity contribution is 5.96. The number of carboxylic acids is 2. The largest absolute Gasteiger partial charge is 0.481 e. The molecule has 3 N–H and O–H groups in total. The lowest BCUT2D eigenvalue weighted by atomic mass is 10.2. The second-order valence-electron chi connectivity index (χ2n) is 3.31. The highest BCUT2D eigenvalue weighted by atomic mass is 16.4. The maximum Gasteiger partial charge on any atom is 0.335 e. The lowest BCUT2D eigenvalue weighted by Crippen LogP contribution is -2.42. The first kappa shape index (κ1) is 13.4. The predicted molar refractivity (Wildman–Crippen MR) is 56.1 cm³/mol. The van der Waals surface area contributed by atoms with Crippen LogP contribution in [0.5, 0.6) is 0 Å². The van der Waals surface area contributed by atoms with Crippen molar-refractivity contribution in [1.29, 1.82) is 0 Å². The van der Waals surface area contributed by atoms with Gasteiger partial charge in [0.15, 0.2) is 0 Å². The van der Waals surface area contributed by atoms with E-state index in [0.717, 1.165) is 18.4 Å². The Kier molecular flexibility index (Phi) is 4.19. The van der Waals surface area contributed by atoms with Crippen LogP contribution in [0.3, 0.4) is 0 Å². The van der Waals surface area contributed by atoms with E-state index in [0.29, 0.717) is 0 Å². The van der Waals surface area contributed by atoms with Crippen LogP contribution in [0.4, 0.5) is 0 Å². The standard InChI is InChI=1S/C10H9NO7/c12-7(13)3-6(10(16)17)11-9(15)5-1-2-8(14)18-4-5/h1-2,4,6H,3H2,(H,11,15)(H,12,13)(H,16,17). The van der Waals surface area contributed by atoms with E-state index >= 15 is 0 Å². The first-order valence-corrected chi connectivity index (χ1v) is 4.74. The summed E-state index contributed by atoms with van der Waals surface area (Å²) in [5.74, 6) is -3.67. The Labute approximate surface area is 99.8 Å². The molecule has 0 fully saturated rings. The third-order valence-electron chi connectivity index (χ3n) is 1.95. The lowest BCUT2D eigenvalue weighted by Gasteiger charge is -2.11. The van der Waals surface area contributed by atoms with Crippen molar-refractivity contribution in [2.75, 3.05) is 0 Å². The van der Waals surface area contributed by atoms with Gasteiger partial charge in [0.1, 0.15) is 12.3 Å². The van der Waals surface area contributed by atoms with Gasteiger partial charge in [-0.1, -0.05) is 0 Å². The number of nitrogens with one attached hydrogen (secondary N) is 1. The first-order chi connectivity index (χ1) is 8.40. The van der Waals surface area contributed by atoms with Gasteiger partial charge < -0.3 is 19.9 Å². The summed E-state index contributed by atoms with van der Waals surface area (Å²) in [4.78, 5) is 43.3. The highest BCUT2D eigenvalue weighted by Gasteiger charge is 2.23. The van der Waals surface area contributed by atoms with Crippen LogP contribution in [-0.4, -0.2) is 34.1 Å². The molecule has 1 aromatic rings. The molecule has 0 aliphatic heterocycles. The smallest absolute Gasteiger partial charge is 0.335 e. The van der Waals surface area contributed by atoms with Crippen molar-refractivity contribution >= 4 is 17.8 Å². The molecular weight excluding hydrogens is 246 g/mol. The van der Waals surface area contributed by atoms with Crippen molar-refractivity contribution < 1.29 is 29.0 Å². The Morgan fingerprint density at radius 1 is 1.28 bits per heavy atom. The zero-order valence-electron chi connectivity index (χ0n) is 8.95. The molecule has 0 aromatic carbocycles. The molecule has 18 heavy (non-hydrogen) atoms. The van der Waals surface area contributed by atoms with Gasteiger partial charge in [0.25, 0.3) is 5.91 Å². The van der Waals surface area contributed by atoms with Crippen molar-refractivity contribution in [3.63, 3.8) is 0 Å². The second-order valence-corrected chi connectivity index (χ2v) is 3.31. The second kappa shape index (κ2) is 5.62. The van der Waals surface area contributed by atoms with Crippen LogP contribution in [0.1, 0.15) is 16.8 Å². The van der Waals surface area contributed by atoms with Crippen molar-refractivity contribution in [2.24, 2.45) is 0 Å². The summed E-state index contributed by atoms with van der Waals surface area (Å²) in [6.45, 7) is 0. The minimum absolute atomic E-state index is 0.0776. The van der Waals surface area contributed by atoms with Gasteiger partial charge in [0.2, 0.25) is 0 Å². The summed E-state index contributed by atoms with van der Waals surface area (Å²) in [6, 6.07) is 0.574. The number of carbonyl (C=O) groups is 3. The number of hydrogen-bond donors (Lipinski definition) is 3. The number of amides is 1. The van der Waals surface area contributed by atoms with Gasteiger partial charge in [-0.3, -0.25) is 9.59 Å². The van der Waals surface area contributed by atoms with Gasteiger partial charge in [0, 0.05) is 6.07 Å². The number of hydrogen-bond acceptors (Lipinski definition) is 5. The molecule has 1 amide bonds. The normalized spacial score (nSPS) is 11.6. The molecule has 8 heteroatoms. The van der Waals surface area contributed by atoms with E-state index in [9.17, 15) is 19.2 Å². The summed E-state index contributed by atoms with van der Waals surface area (Å²) in [5.41, 5.74) is -0.738. The first-order valence-electron chi connectivity index (χ1n) is 4.74. The third kappa shape index (κ3) is 3.74. The number of rotatable bonds is 5. The zero-order chi connectivity index (χ0) is 13.7. The molecule has 8 nitrogen and oxygen atoms in total. The van der Waals surface area contributed by atoms with E-state index in [1.54, 1.807) is 0 Å². The SMILES string of the molecule is O=C(O)CC(NC(=O)c1ccc(=O)oc1)C(=O)O. The number of carboxylic acid groups (broad SMARTS) is 2. The molecule has 0 aliphatic rings. The Bertz CT molecular complexity index is 513. The fourth-order valence-corrected chi connectivity index (χ4v) is 1.10. The molecule has 1 unspecified atom stereocenters. The minimum atomic E-state index is -1.55. The van der Waals surface area contributed by atoms with Gasteiger partial charge >= 0.3 is 17.6 Å². The molecule has 96 valence electrons. The molecular formula is C10H9NO7. The Balaban J connectivity index is 2.78. The van der Waals surface area contributed by atoms with Crippen LogP contribution in [0.2, 0.25) is 0 Å². The van der Waals surface area contributed by atoms with E-state index in [4.69, 9.17) is 10.2 Å². The van der Waals surface area contributed by atoms with Gasteiger partial charge in [-0.25, -0.2) is 9.59 Å².